The lowest BCUT2D eigenvalue weighted by Gasteiger charge is -2.23. The van der Waals surface area contributed by atoms with Crippen LogP contribution in [0.1, 0.15) is 6.92 Å². The summed E-state index contributed by atoms with van der Waals surface area (Å²) < 4.78 is 1.49. The van der Waals surface area contributed by atoms with Crippen molar-refractivity contribution < 1.29 is 4.79 Å². The Morgan fingerprint density at radius 1 is 1.17 bits per heavy atom. The first kappa shape index (κ1) is 17.0. The largest absolute Gasteiger partial charge is 0.324 e. The maximum absolute atomic E-state index is 12.5. The molecule has 2 amide bonds. The molecular weight excluding hydrogens is 292 g/mol. The number of nitrogens with zero attached hydrogens (tertiary/aromatic N) is 3. The highest BCUT2D eigenvalue weighted by Crippen LogP contribution is 2.20. The van der Waals surface area contributed by atoms with Gasteiger partial charge in [-0.05, 0) is 27.1 Å². The summed E-state index contributed by atoms with van der Waals surface area (Å²) in [6.07, 6.45) is 1.67. The quantitative estimate of drug-likeness (QED) is 0.917. The van der Waals surface area contributed by atoms with Gasteiger partial charge in [-0.15, -0.1) is 0 Å². The monoisotopic (exact) mass is 316 g/mol. The SMILES string of the molecule is CCN(CCN(C)C)C(=O)Nc1cn(C)c(=O)c2ccccc12. The number of benzene rings is 1. The molecule has 2 rings (SSSR count). The van der Waals surface area contributed by atoms with Gasteiger partial charge in [-0.3, -0.25) is 4.79 Å². The number of pyridine rings is 1. The first-order chi connectivity index (χ1) is 10.9. The molecule has 1 N–H and O–H groups in total. The van der Waals surface area contributed by atoms with Crippen molar-refractivity contribution in [3.63, 3.8) is 0 Å². The molecule has 0 saturated heterocycles. The number of hydrogen-bond donors (Lipinski definition) is 1. The van der Waals surface area contributed by atoms with Crippen LogP contribution in [0.2, 0.25) is 0 Å². The van der Waals surface area contributed by atoms with Crippen LogP contribution in [0.15, 0.2) is 35.3 Å². The van der Waals surface area contributed by atoms with Crippen molar-refractivity contribution >= 4 is 22.5 Å². The third-order valence-electron chi connectivity index (χ3n) is 3.82. The predicted octanol–water partition coefficient (Wildman–Crippen LogP) is 1.95. The van der Waals surface area contributed by atoms with Crippen molar-refractivity contribution in [1.82, 2.24) is 14.4 Å². The van der Waals surface area contributed by atoms with Crippen LogP contribution in [0.5, 0.6) is 0 Å². The normalized spacial score (nSPS) is 11.0. The van der Waals surface area contributed by atoms with E-state index in [-0.39, 0.29) is 11.6 Å². The van der Waals surface area contributed by atoms with E-state index in [2.05, 4.69) is 5.32 Å². The van der Waals surface area contributed by atoms with Gasteiger partial charge in [0.25, 0.3) is 5.56 Å². The molecule has 6 nitrogen and oxygen atoms in total. The molecule has 0 aliphatic carbocycles. The fourth-order valence-corrected chi connectivity index (χ4v) is 2.43. The van der Waals surface area contributed by atoms with E-state index in [9.17, 15) is 9.59 Å². The van der Waals surface area contributed by atoms with Crippen LogP contribution in [0.4, 0.5) is 10.5 Å². The molecule has 1 aromatic heterocycles. The summed E-state index contributed by atoms with van der Waals surface area (Å²) in [7, 11) is 5.65. The molecule has 124 valence electrons. The number of likely N-dealkylation sites (N-methyl/N-ethyl adjacent to an activating group) is 2. The van der Waals surface area contributed by atoms with Gasteiger partial charge in [0.15, 0.2) is 0 Å². The van der Waals surface area contributed by atoms with Gasteiger partial charge in [-0.1, -0.05) is 18.2 Å². The zero-order chi connectivity index (χ0) is 17.0. The number of urea groups is 1. The van der Waals surface area contributed by atoms with Crippen molar-refractivity contribution in [1.29, 1.82) is 0 Å². The topological polar surface area (TPSA) is 57.6 Å². The van der Waals surface area contributed by atoms with Crippen molar-refractivity contribution in [3.8, 4) is 0 Å². The van der Waals surface area contributed by atoms with Gasteiger partial charge in [-0.2, -0.15) is 0 Å². The van der Waals surface area contributed by atoms with E-state index < -0.39 is 0 Å². The first-order valence-electron chi connectivity index (χ1n) is 7.73. The van der Waals surface area contributed by atoms with E-state index in [1.165, 1.54) is 4.57 Å². The van der Waals surface area contributed by atoms with Gasteiger partial charge in [0.05, 0.1) is 5.69 Å². The molecule has 1 aromatic carbocycles. The van der Waals surface area contributed by atoms with Crippen molar-refractivity contribution in [2.75, 3.05) is 39.0 Å². The van der Waals surface area contributed by atoms with Crippen molar-refractivity contribution in [3.05, 3.63) is 40.8 Å². The van der Waals surface area contributed by atoms with Crippen LogP contribution in [0, 0.1) is 0 Å². The molecule has 0 aliphatic rings. The average molecular weight is 316 g/mol. The Morgan fingerprint density at radius 2 is 1.83 bits per heavy atom. The molecule has 0 radical (unpaired) electrons. The minimum atomic E-state index is -0.154. The van der Waals surface area contributed by atoms with Crippen LogP contribution < -0.4 is 10.9 Å². The van der Waals surface area contributed by atoms with Crippen LogP contribution >= 0.6 is 0 Å². The number of anilines is 1. The van der Waals surface area contributed by atoms with Gasteiger partial charge >= 0.3 is 6.03 Å². The Morgan fingerprint density at radius 3 is 2.43 bits per heavy atom. The number of carbonyl (C=O) groups is 1. The van der Waals surface area contributed by atoms with E-state index >= 15 is 0 Å². The molecule has 6 heteroatoms. The summed E-state index contributed by atoms with van der Waals surface area (Å²) in [4.78, 5) is 28.5. The first-order valence-corrected chi connectivity index (χ1v) is 7.73. The maximum Gasteiger partial charge on any atom is 0.321 e. The third kappa shape index (κ3) is 3.90. The van der Waals surface area contributed by atoms with Crippen LogP contribution in [-0.2, 0) is 7.05 Å². The number of hydrogen-bond acceptors (Lipinski definition) is 3. The highest BCUT2D eigenvalue weighted by Gasteiger charge is 2.14. The molecular formula is C17H24N4O2. The van der Waals surface area contributed by atoms with Crippen LogP contribution in [0.25, 0.3) is 10.8 Å². The van der Waals surface area contributed by atoms with Crippen molar-refractivity contribution in [2.45, 2.75) is 6.92 Å². The molecule has 0 atom stereocenters. The lowest BCUT2D eigenvalue weighted by molar-refractivity contribution is 0.208. The van der Waals surface area contributed by atoms with E-state index in [1.807, 2.05) is 44.1 Å². The average Bonchev–Trinajstić information content (AvgIpc) is 2.52. The zero-order valence-electron chi connectivity index (χ0n) is 14.2. The van der Waals surface area contributed by atoms with Crippen molar-refractivity contribution in [2.24, 2.45) is 7.05 Å². The minimum Gasteiger partial charge on any atom is -0.324 e. The van der Waals surface area contributed by atoms with Crippen LogP contribution in [0.3, 0.4) is 0 Å². The fraction of sp³-hybridized carbons (Fsp3) is 0.412. The minimum absolute atomic E-state index is 0.0708. The summed E-state index contributed by atoms with van der Waals surface area (Å²) in [5, 5.41) is 4.29. The highest BCUT2D eigenvalue weighted by atomic mass is 16.2. The smallest absolute Gasteiger partial charge is 0.321 e. The number of rotatable bonds is 5. The second-order valence-corrected chi connectivity index (χ2v) is 5.82. The van der Waals surface area contributed by atoms with E-state index in [0.717, 1.165) is 11.9 Å². The zero-order valence-corrected chi connectivity index (χ0v) is 14.2. The Balaban J connectivity index is 2.29. The van der Waals surface area contributed by atoms with E-state index in [4.69, 9.17) is 0 Å². The standard InChI is InChI=1S/C17H24N4O2/c1-5-21(11-10-19(2)3)17(23)18-15-12-20(4)16(22)14-9-7-6-8-13(14)15/h6-9,12H,5,10-11H2,1-4H3,(H,18,23). The predicted molar refractivity (Wildman–Crippen MR) is 94.0 cm³/mol. The van der Waals surface area contributed by atoms with Gasteiger partial charge in [0, 0.05) is 43.7 Å². The molecule has 0 saturated carbocycles. The second-order valence-electron chi connectivity index (χ2n) is 5.82. The molecule has 0 unspecified atom stereocenters. The number of amides is 2. The maximum atomic E-state index is 12.5. The number of carbonyl (C=O) groups excluding carboxylic acids is 1. The summed E-state index contributed by atoms with van der Waals surface area (Å²) in [6.45, 7) is 4.03. The highest BCUT2D eigenvalue weighted by molar-refractivity contribution is 6.00. The third-order valence-corrected chi connectivity index (χ3v) is 3.82. The lowest BCUT2D eigenvalue weighted by Crippen LogP contribution is -2.39. The molecule has 0 fully saturated rings. The molecule has 0 bridgehead atoms. The number of fused-ring (bicyclic) bond motifs is 1. The summed E-state index contributed by atoms with van der Waals surface area (Å²) in [6, 6.07) is 7.16. The molecule has 0 aliphatic heterocycles. The number of nitrogens with one attached hydrogen (secondary N) is 1. The number of aryl methyl sites for hydroxylation is 1. The Hall–Kier alpha value is -2.34. The van der Waals surface area contributed by atoms with Gasteiger partial charge in [-0.25, -0.2) is 4.79 Å². The molecule has 1 heterocycles. The Bertz CT molecular complexity index is 752. The van der Waals surface area contributed by atoms with Gasteiger partial charge in [0.1, 0.15) is 0 Å². The Kier molecular flexibility index (Phi) is 5.39. The van der Waals surface area contributed by atoms with Gasteiger partial charge < -0.3 is 19.7 Å². The summed E-state index contributed by atoms with van der Waals surface area (Å²) >= 11 is 0. The van der Waals surface area contributed by atoms with E-state index in [1.54, 1.807) is 24.2 Å². The van der Waals surface area contributed by atoms with Gasteiger partial charge in [0.2, 0.25) is 0 Å². The second kappa shape index (κ2) is 7.28. The molecule has 23 heavy (non-hydrogen) atoms. The molecule has 0 spiro atoms. The number of aromatic nitrogens is 1. The Labute approximate surface area is 136 Å². The lowest BCUT2D eigenvalue weighted by atomic mass is 10.1. The molecule has 2 aromatic rings. The summed E-state index contributed by atoms with van der Waals surface area (Å²) in [5.41, 5.74) is 0.578. The van der Waals surface area contributed by atoms with E-state index in [0.29, 0.717) is 24.2 Å². The summed E-state index contributed by atoms with van der Waals surface area (Å²) in [5.74, 6) is 0. The van der Waals surface area contributed by atoms with Crippen LogP contribution in [-0.4, -0.2) is 54.1 Å². The fourth-order valence-electron chi connectivity index (χ4n) is 2.43.